The van der Waals surface area contributed by atoms with Gasteiger partial charge in [-0.05, 0) is 18.2 Å². The highest BCUT2D eigenvalue weighted by Crippen LogP contribution is 2.39. The molecular formula is C22H20O13. The molecule has 2 heterocycles. The van der Waals surface area contributed by atoms with E-state index in [4.69, 9.17) is 19.0 Å². The fourth-order valence-corrected chi connectivity index (χ4v) is 3.70. The number of hydrogen-bond acceptors (Lipinski definition) is 12. The summed E-state index contributed by atoms with van der Waals surface area (Å²) in [5.41, 5.74) is -1.32. The fourth-order valence-electron chi connectivity index (χ4n) is 3.70. The van der Waals surface area contributed by atoms with Gasteiger partial charge in [-0.25, -0.2) is 0 Å². The van der Waals surface area contributed by atoms with Crippen molar-refractivity contribution in [2.75, 3.05) is 0 Å². The van der Waals surface area contributed by atoms with Crippen LogP contribution < -0.4 is 10.2 Å². The third kappa shape index (κ3) is 4.40. The standard InChI is InChI=1S/C22H20O13/c23-8-4-11(26)15-12(5-8)33-20(7-1-2-9(24)10(25)3-7)21(17(15)30)35-22-19(32)18(31)16(29)13(34-22)6-14(27)28/h1-5,13,16,18-19,22-26,29,31-32H,6H2,(H,27,28)/t13-,16-,18+,19-,22+/m1/s1. The van der Waals surface area contributed by atoms with Crippen LogP contribution in [0.4, 0.5) is 0 Å². The summed E-state index contributed by atoms with van der Waals surface area (Å²) in [7, 11) is 0. The quantitative estimate of drug-likeness (QED) is 0.219. The summed E-state index contributed by atoms with van der Waals surface area (Å²) in [6.45, 7) is 0. The normalized spacial score (nSPS) is 24.4. The predicted molar refractivity (Wildman–Crippen MR) is 114 cm³/mol. The molecule has 0 unspecified atom stereocenters. The van der Waals surface area contributed by atoms with Crippen LogP contribution in [0.25, 0.3) is 22.3 Å². The van der Waals surface area contributed by atoms with E-state index in [2.05, 4.69) is 0 Å². The number of fused-ring (bicyclic) bond motifs is 1. The van der Waals surface area contributed by atoms with Crippen LogP contribution in [-0.2, 0) is 9.53 Å². The van der Waals surface area contributed by atoms with Crippen LogP contribution >= 0.6 is 0 Å². The number of rotatable bonds is 5. The summed E-state index contributed by atoms with van der Waals surface area (Å²) in [5.74, 6) is -4.67. The van der Waals surface area contributed by atoms with E-state index in [9.17, 15) is 45.3 Å². The molecule has 35 heavy (non-hydrogen) atoms. The van der Waals surface area contributed by atoms with Gasteiger partial charge in [-0.3, -0.25) is 9.59 Å². The predicted octanol–water partition coefficient (Wildman–Crippen LogP) is -0.0565. The summed E-state index contributed by atoms with van der Waals surface area (Å²) in [6.07, 6.45) is -9.79. The van der Waals surface area contributed by atoms with Gasteiger partial charge in [0.1, 0.15) is 46.9 Å². The molecule has 1 fully saturated rings. The van der Waals surface area contributed by atoms with Crippen LogP contribution in [0, 0.1) is 0 Å². The Morgan fingerprint density at radius 2 is 1.63 bits per heavy atom. The van der Waals surface area contributed by atoms with E-state index in [1.54, 1.807) is 0 Å². The topological polar surface area (TPSA) is 228 Å². The minimum atomic E-state index is -1.94. The molecule has 186 valence electrons. The molecule has 0 bridgehead atoms. The molecule has 13 nitrogen and oxygen atoms in total. The molecule has 0 amide bonds. The van der Waals surface area contributed by atoms with Crippen molar-refractivity contribution in [3.63, 3.8) is 0 Å². The van der Waals surface area contributed by atoms with Crippen molar-refractivity contribution < 1.29 is 59.5 Å². The van der Waals surface area contributed by atoms with Gasteiger partial charge in [0.2, 0.25) is 17.5 Å². The third-order valence-electron chi connectivity index (χ3n) is 5.43. The van der Waals surface area contributed by atoms with Crippen LogP contribution in [0.5, 0.6) is 28.7 Å². The first kappa shape index (κ1) is 24.1. The van der Waals surface area contributed by atoms with E-state index in [1.807, 2.05) is 0 Å². The second kappa shape index (κ2) is 8.96. The molecule has 2 aromatic carbocycles. The Kier molecular flexibility index (Phi) is 6.17. The number of carboxylic acids is 1. The van der Waals surface area contributed by atoms with E-state index >= 15 is 0 Å². The number of aliphatic carboxylic acids is 1. The zero-order valence-corrected chi connectivity index (χ0v) is 17.6. The lowest BCUT2D eigenvalue weighted by Gasteiger charge is -2.39. The highest BCUT2D eigenvalue weighted by Gasteiger charge is 2.46. The number of aromatic hydroxyl groups is 4. The number of carbonyl (C=O) groups is 1. The molecule has 0 radical (unpaired) electrons. The number of ether oxygens (including phenoxy) is 2. The molecule has 0 spiro atoms. The number of aliphatic hydroxyl groups is 3. The number of hydrogen-bond donors (Lipinski definition) is 8. The van der Waals surface area contributed by atoms with Crippen LogP contribution in [0.2, 0.25) is 0 Å². The van der Waals surface area contributed by atoms with Crippen molar-refractivity contribution in [2.24, 2.45) is 0 Å². The van der Waals surface area contributed by atoms with E-state index in [0.29, 0.717) is 0 Å². The lowest BCUT2D eigenvalue weighted by atomic mass is 9.97. The van der Waals surface area contributed by atoms with Gasteiger partial charge < -0.3 is 54.7 Å². The lowest BCUT2D eigenvalue weighted by molar-refractivity contribution is -0.273. The number of phenols is 4. The third-order valence-corrected chi connectivity index (χ3v) is 5.43. The van der Waals surface area contributed by atoms with E-state index < -0.39 is 88.4 Å². The summed E-state index contributed by atoms with van der Waals surface area (Å²) < 4.78 is 16.5. The molecule has 5 atom stereocenters. The van der Waals surface area contributed by atoms with Crippen molar-refractivity contribution >= 4 is 16.9 Å². The van der Waals surface area contributed by atoms with Gasteiger partial charge >= 0.3 is 5.97 Å². The maximum Gasteiger partial charge on any atom is 0.306 e. The van der Waals surface area contributed by atoms with Gasteiger partial charge in [0.05, 0.1) is 6.42 Å². The van der Waals surface area contributed by atoms with Crippen LogP contribution in [0.1, 0.15) is 6.42 Å². The average molecular weight is 492 g/mol. The molecule has 3 aromatic rings. The highest BCUT2D eigenvalue weighted by molar-refractivity contribution is 5.88. The lowest BCUT2D eigenvalue weighted by Crippen LogP contribution is -2.59. The Morgan fingerprint density at radius 3 is 2.29 bits per heavy atom. The molecule has 8 N–H and O–H groups in total. The fraction of sp³-hybridized carbons (Fsp3) is 0.273. The van der Waals surface area contributed by atoms with Gasteiger partial charge in [0, 0.05) is 17.7 Å². The first-order valence-electron chi connectivity index (χ1n) is 10.1. The second-order valence-corrected chi connectivity index (χ2v) is 7.86. The first-order chi connectivity index (χ1) is 16.5. The molecular weight excluding hydrogens is 472 g/mol. The molecule has 0 saturated carbocycles. The first-order valence-corrected chi connectivity index (χ1v) is 10.1. The highest BCUT2D eigenvalue weighted by atomic mass is 16.7. The minimum Gasteiger partial charge on any atom is -0.508 e. The molecule has 1 saturated heterocycles. The van der Waals surface area contributed by atoms with Crippen molar-refractivity contribution in [2.45, 2.75) is 37.1 Å². The second-order valence-electron chi connectivity index (χ2n) is 7.86. The Balaban J connectivity index is 1.88. The van der Waals surface area contributed by atoms with Crippen molar-refractivity contribution in [1.29, 1.82) is 0 Å². The van der Waals surface area contributed by atoms with Gasteiger partial charge in [0.25, 0.3) is 0 Å². The maximum atomic E-state index is 13.3. The number of phenolic OH excluding ortho intramolecular Hbond substituents is 4. The van der Waals surface area contributed by atoms with E-state index in [-0.39, 0.29) is 11.1 Å². The molecule has 0 aliphatic carbocycles. The van der Waals surface area contributed by atoms with Gasteiger partial charge in [-0.1, -0.05) is 0 Å². The average Bonchev–Trinajstić information content (AvgIpc) is 2.78. The van der Waals surface area contributed by atoms with Gasteiger partial charge in [-0.2, -0.15) is 0 Å². The Labute approximate surface area is 194 Å². The van der Waals surface area contributed by atoms with Gasteiger partial charge in [-0.15, -0.1) is 0 Å². The van der Waals surface area contributed by atoms with Crippen molar-refractivity contribution in [3.05, 3.63) is 40.6 Å². The molecule has 13 heteroatoms. The Bertz CT molecular complexity index is 1350. The zero-order valence-electron chi connectivity index (χ0n) is 17.6. The van der Waals surface area contributed by atoms with E-state index in [1.165, 1.54) is 6.07 Å². The Hall–Kier alpha value is -4.04. The summed E-state index contributed by atoms with van der Waals surface area (Å²) >= 11 is 0. The number of carboxylic acid groups (broad SMARTS) is 1. The largest absolute Gasteiger partial charge is 0.508 e. The monoisotopic (exact) mass is 492 g/mol. The summed E-state index contributed by atoms with van der Waals surface area (Å²) in [6, 6.07) is 5.22. The molecule has 1 aliphatic heterocycles. The smallest absolute Gasteiger partial charge is 0.306 e. The Morgan fingerprint density at radius 1 is 0.914 bits per heavy atom. The maximum absolute atomic E-state index is 13.3. The van der Waals surface area contributed by atoms with Crippen LogP contribution in [0.15, 0.2) is 39.5 Å². The van der Waals surface area contributed by atoms with Crippen molar-refractivity contribution in [1.82, 2.24) is 0 Å². The number of benzene rings is 2. The minimum absolute atomic E-state index is 0.0231. The summed E-state index contributed by atoms with van der Waals surface area (Å²) in [4.78, 5) is 24.4. The van der Waals surface area contributed by atoms with Crippen LogP contribution in [-0.4, -0.2) is 77.5 Å². The SMILES string of the molecule is O=C(O)C[C@H]1O[C@@H](Oc2c(-c3ccc(O)c(O)c3)oc3cc(O)cc(O)c3c2=O)[C@H](O)[C@@H](O)[C@@H]1O. The van der Waals surface area contributed by atoms with Crippen molar-refractivity contribution in [3.8, 4) is 40.1 Å². The molecule has 1 aromatic heterocycles. The zero-order chi connectivity index (χ0) is 25.6. The number of aliphatic hydroxyl groups excluding tert-OH is 3. The molecule has 1 aliphatic rings. The summed E-state index contributed by atoms with van der Waals surface area (Å²) in [5, 5.41) is 78.7. The molecule has 4 rings (SSSR count). The van der Waals surface area contributed by atoms with Gasteiger partial charge in [0.15, 0.2) is 17.3 Å². The van der Waals surface area contributed by atoms with E-state index in [0.717, 1.165) is 24.3 Å². The van der Waals surface area contributed by atoms with Crippen LogP contribution in [0.3, 0.4) is 0 Å².